The van der Waals surface area contributed by atoms with Crippen molar-refractivity contribution in [1.29, 1.82) is 0 Å². The van der Waals surface area contributed by atoms with Crippen molar-refractivity contribution >= 4 is 11.8 Å². The third-order valence-electron chi connectivity index (χ3n) is 3.83. The SMILES string of the molecule is COc1cc(C2C(C(N)=O)=C(C)NC(C)=C2C(N)=O)ccc1O. The molecule has 0 fully saturated rings. The maximum absolute atomic E-state index is 11.9. The Hall–Kier alpha value is -2.96. The average Bonchev–Trinajstić information content (AvgIpc) is 2.45. The van der Waals surface area contributed by atoms with Crippen LogP contribution in [0, 0.1) is 0 Å². The summed E-state index contributed by atoms with van der Waals surface area (Å²) in [6.45, 7) is 3.40. The minimum absolute atomic E-state index is 0.0483. The van der Waals surface area contributed by atoms with Gasteiger partial charge in [-0.25, -0.2) is 0 Å². The summed E-state index contributed by atoms with van der Waals surface area (Å²) in [4.78, 5) is 23.8. The number of hydrogen-bond acceptors (Lipinski definition) is 5. The van der Waals surface area contributed by atoms with Gasteiger partial charge in [-0.2, -0.15) is 0 Å². The second kappa shape index (κ2) is 6.04. The van der Waals surface area contributed by atoms with E-state index in [1.807, 2.05) is 0 Å². The Morgan fingerprint density at radius 3 is 2.09 bits per heavy atom. The Balaban J connectivity index is 2.72. The average molecular weight is 317 g/mol. The fourth-order valence-electron chi connectivity index (χ4n) is 2.85. The highest BCUT2D eigenvalue weighted by molar-refractivity contribution is 6.02. The zero-order valence-corrected chi connectivity index (χ0v) is 13.1. The molecule has 0 radical (unpaired) electrons. The molecule has 1 aromatic carbocycles. The molecule has 0 atom stereocenters. The van der Waals surface area contributed by atoms with Crippen LogP contribution in [0.1, 0.15) is 25.3 Å². The van der Waals surface area contributed by atoms with E-state index >= 15 is 0 Å². The first-order valence-corrected chi connectivity index (χ1v) is 6.93. The standard InChI is InChI=1S/C16H19N3O4/c1-7-12(15(17)21)14(13(16(18)22)8(2)19-7)9-4-5-10(20)11(6-9)23-3/h4-6,14,19-20H,1-3H3,(H2,17,21)(H2,18,22). The molecule has 2 amide bonds. The smallest absolute Gasteiger partial charge is 0.247 e. The van der Waals surface area contributed by atoms with Crippen LogP contribution in [-0.2, 0) is 9.59 Å². The highest BCUT2D eigenvalue weighted by atomic mass is 16.5. The third-order valence-corrected chi connectivity index (χ3v) is 3.83. The molecule has 0 saturated heterocycles. The Bertz CT molecular complexity index is 714. The predicted octanol–water partition coefficient (Wildman–Crippen LogP) is 0.606. The van der Waals surface area contributed by atoms with Crippen LogP contribution in [0.5, 0.6) is 11.5 Å². The number of dihydropyridines is 1. The van der Waals surface area contributed by atoms with E-state index in [2.05, 4.69) is 5.32 Å². The lowest BCUT2D eigenvalue weighted by atomic mass is 9.79. The zero-order chi connectivity index (χ0) is 17.3. The second-order valence-electron chi connectivity index (χ2n) is 5.30. The molecule has 2 rings (SSSR count). The lowest BCUT2D eigenvalue weighted by Crippen LogP contribution is -2.35. The molecule has 0 bridgehead atoms. The van der Waals surface area contributed by atoms with Crippen LogP contribution in [-0.4, -0.2) is 24.0 Å². The summed E-state index contributed by atoms with van der Waals surface area (Å²) >= 11 is 0. The van der Waals surface area contributed by atoms with Gasteiger partial charge in [0.25, 0.3) is 0 Å². The Kier molecular flexibility index (Phi) is 4.31. The number of hydrogen-bond donors (Lipinski definition) is 4. The van der Waals surface area contributed by atoms with Gasteiger partial charge in [-0.1, -0.05) is 6.07 Å². The van der Waals surface area contributed by atoms with Crippen molar-refractivity contribution in [3.63, 3.8) is 0 Å². The molecule has 23 heavy (non-hydrogen) atoms. The van der Waals surface area contributed by atoms with Gasteiger partial charge in [0.05, 0.1) is 7.11 Å². The van der Waals surface area contributed by atoms with Gasteiger partial charge in [-0.05, 0) is 31.5 Å². The van der Waals surface area contributed by atoms with Crippen LogP contribution < -0.4 is 21.5 Å². The predicted molar refractivity (Wildman–Crippen MR) is 84.3 cm³/mol. The fourth-order valence-corrected chi connectivity index (χ4v) is 2.85. The monoisotopic (exact) mass is 317 g/mol. The number of carbonyl (C=O) groups is 2. The first kappa shape index (κ1) is 16.4. The van der Waals surface area contributed by atoms with Crippen molar-refractivity contribution in [2.75, 3.05) is 7.11 Å². The second-order valence-corrected chi connectivity index (χ2v) is 5.30. The van der Waals surface area contributed by atoms with Gasteiger partial charge in [-0.15, -0.1) is 0 Å². The zero-order valence-electron chi connectivity index (χ0n) is 13.1. The van der Waals surface area contributed by atoms with Crippen LogP contribution in [0.4, 0.5) is 0 Å². The van der Waals surface area contributed by atoms with Gasteiger partial charge in [0.15, 0.2) is 11.5 Å². The molecule has 1 aliphatic heterocycles. The molecule has 1 aromatic rings. The van der Waals surface area contributed by atoms with Crippen molar-refractivity contribution in [3.8, 4) is 11.5 Å². The Morgan fingerprint density at radius 2 is 1.65 bits per heavy atom. The number of primary amides is 2. The molecule has 0 aliphatic carbocycles. The number of phenolic OH excluding ortho intramolecular Hbond substituents is 1. The summed E-state index contributed by atoms with van der Waals surface area (Å²) < 4.78 is 5.09. The van der Waals surface area contributed by atoms with E-state index in [-0.39, 0.29) is 22.6 Å². The van der Waals surface area contributed by atoms with Gasteiger partial charge >= 0.3 is 0 Å². The van der Waals surface area contributed by atoms with Crippen LogP contribution in [0.2, 0.25) is 0 Å². The number of rotatable bonds is 4. The molecule has 122 valence electrons. The van der Waals surface area contributed by atoms with Gasteiger partial charge in [-0.3, -0.25) is 9.59 Å². The topological polar surface area (TPSA) is 128 Å². The molecular formula is C16H19N3O4. The fraction of sp³-hybridized carbons (Fsp3) is 0.250. The Morgan fingerprint density at radius 1 is 1.13 bits per heavy atom. The molecular weight excluding hydrogens is 298 g/mol. The van der Waals surface area contributed by atoms with Crippen molar-refractivity contribution in [1.82, 2.24) is 5.32 Å². The van der Waals surface area contributed by atoms with E-state index in [4.69, 9.17) is 16.2 Å². The molecule has 0 saturated carbocycles. The van der Waals surface area contributed by atoms with Gasteiger partial charge in [0.1, 0.15) is 0 Å². The maximum Gasteiger partial charge on any atom is 0.247 e. The summed E-state index contributed by atoms with van der Waals surface area (Å²) in [6, 6.07) is 4.58. The lowest BCUT2D eigenvalue weighted by Gasteiger charge is -2.30. The summed E-state index contributed by atoms with van der Waals surface area (Å²) in [5, 5.41) is 12.7. The molecule has 7 nitrogen and oxygen atoms in total. The number of ether oxygens (including phenoxy) is 1. The van der Waals surface area contributed by atoms with Crippen LogP contribution in [0.25, 0.3) is 0 Å². The van der Waals surface area contributed by atoms with Crippen molar-refractivity contribution < 1.29 is 19.4 Å². The van der Waals surface area contributed by atoms with Crippen LogP contribution in [0.3, 0.4) is 0 Å². The van der Waals surface area contributed by atoms with Gasteiger partial charge in [0, 0.05) is 28.5 Å². The van der Waals surface area contributed by atoms with Crippen LogP contribution >= 0.6 is 0 Å². The normalized spacial score (nSPS) is 15.4. The number of nitrogens with two attached hydrogens (primary N) is 2. The van der Waals surface area contributed by atoms with Crippen molar-refractivity contribution in [2.24, 2.45) is 11.5 Å². The molecule has 0 spiro atoms. The number of amides is 2. The largest absolute Gasteiger partial charge is 0.504 e. The first-order chi connectivity index (χ1) is 10.8. The molecule has 0 aromatic heterocycles. The minimum atomic E-state index is -0.722. The van der Waals surface area contributed by atoms with E-state index in [0.717, 1.165) is 0 Å². The summed E-state index contributed by atoms with van der Waals surface area (Å²) in [7, 11) is 1.41. The maximum atomic E-state index is 11.9. The highest BCUT2D eigenvalue weighted by Crippen LogP contribution is 2.40. The quantitative estimate of drug-likeness (QED) is 0.647. The number of methoxy groups -OCH3 is 1. The van der Waals surface area contributed by atoms with Crippen molar-refractivity contribution in [2.45, 2.75) is 19.8 Å². The number of allylic oxidation sites excluding steroid dienone is 2. The third kappa shape index (κ3) is 2.85. The van der Waals surface area contributed by atoms with Gasteiger partial charge < -0.3 is 26.6 Å². The number of carbonyl (C=O) groups excluding carboxylic acids is 2. The van der Waals surface area contributed by atoms with Crippen molar-refractivity contribution in [3.05, 3.63) is 46.3 Å². The summed E-state index contributed by atoms with van der Waals surface area (Å²) in [5.74, 6) is -1.85. The highest BCUT2D eigenvalue weighted by Gasteiger charge is 2.35. The molecule has 6 N–H and O–H groups in total. The summed E-state index contributed by atoms with van der Waals surface area (Å²) in [6.07, 6.45) is 0. The van der Waals surface area contributed by atoms with E-state index in [1.54, 1.807) is 26.0 Å². The lowest BCUT2D eigenvalue weighted by molar-refractivity contribution is -0.115. The molecule has 1 aliphatic rings. The van der Waals surface area contributed by atoms with E-state index < -0.39 is 17.7 Å². The first-order valence-electron chi connectivity index (χ1n) is 6.93. The van der Waals surface area contributed by atoms with E-state index in [9.17, 15) is 14.7 Å². The summed E-state index contributed by atoms with van der Waals surface area (Å²) in [5.41, 5.74) is 13.2. The number of phenols is 1. The minimum Gasteiger partial charge on any atom is -0.504 e. The number of aromatic hydroxyl groups is 1. The number of benzene rings is 1. The molecule has 7 heteroatoms. The van der Waals surface area contributed by atoms with E-state index in [0.29, 0.717) is 17.0 Å². The molecule has 0 unspecified atom stereocenters. The van der Waals surface area contributed by atoms with Crippen LogP contribution in [0.15, 0.2) is 40.7 Å². The Labute approximate surface area is 133 Å². The molecule has 1 heterocycles. The van der Waals surface area contributed by atoms with Gasteiger partial charge in [0.2, 0.25) is 11.8 Å². The number of nitrogens with one attached hydrogen (secondary N) is 1. The van der Waals surface area contributed by atoms with E-state index in [1.165, 1.54) is 13.2 Å².